The quantitative estimate of drug-likeness (QED) is 0.686. The zero-order valence-electron chi connectivity index (χ0n) is 15.5. The van der Waals surface area contributed by atoms with Crippen LogP contribution in [0.1, 0.15) is 16.7 Å². The standard InChI is InChI=1S/C21H22ClN3O2/c1-14-9-18-16(13-27-19(18)10-15(14)2)11-21(26)25-7-5-24(6-8-25)20-4-3-17(22)12-23-20/h3-4,9-10,12-13H,5-8,11H2,1-2H3. The zero-order valence-corrected chi connectivity index (χ0v) is 16.3. The number of aryl methyl sites for hydroxylation is 2. The first-order chi connectivity index (χ1) is 13.0. The van der Waals surface area contributed by atoms with E-state index in [0.29, 0.717) is 24.5 Å². The van der Waals surface area contributed by atoms with Crippen LogP contribution in [0.15, 0.2) is 41.1 Å². The molecule has 1 fully saturated rings. The summed E-state index contributed by atoms with van der Waals surface area (Å²) >= 11 is 5.90. The highest BCUT2D eigenvalue weighted by Gasteiger charge is 2.23. The third-order valence-electron chi connectivity index (χ3n) is 5.28. The van der Waals surface area contributed by atoms with Gasteiger partial charge in [-0.3, -0.25) is 4.79 Å². The highest BCUT2D eigenvalue weighted by molar-refractivity contribution is 6.30. The third kappa shape index (κ3) is 3.65. The number of rotatable bonds is 3. The monoisotopic (exact) mass is 383 g/mol. The molecule has 0 spiro atoms. The lowest BCUT2D eigenvalue weighted by Crippen LogP contribution is -2.49. The Labute approximate surface area is 163 Å². The van der Waals surface area contributed by atoms with Crippen LogP contribution in [0, 0.1) is 13.8 Å². The van der Waals surface area contributed by atoms with Crippen molar-refractivity contribution in [1.82, 2.24) is 9.88 Å². The van der Waals surface area contributed by atoms with Crippen molar-refractivity contribution < 1.29 is 9.21 Å². The number of aromatic nitrogens is 1. The number of benzene rings is 1. The van der Waals surface area contributed by atoms with Gasteiger partial charge in [-0.2, -0.15) is 0 Å². The summed E-state index contributed by atoms with van der Waals surface area (Å²) in [6.45, 7) is 7.07. The van der Waals surface area contributed by atoms with Crippen LogP contribution >= 0.6 is 11.6 Å². The number of pyridine rings is 1. The van der Waals surface area contributed by atoms with Crippen molar-refractivity contribution >= 4 is 34.3 Å². The van der Waals surface area contributed by atoms with Crippen molar-refractivity contribution in [2.45, 2.75) is 20.3 Å². The predicted molar refractivity (Wildman–Crippen MR) is 107 cm³/mol. The highest BCUT2D eigenvalue weighted by Crippen LogP contribution is 2.26. The van der Waals surface area contributed by atoms with E-state index < -0.39 is 0 Å². The Kier molecular flexibility index (Phi) is 4.79. The van der Waals surface area contributed by atoms with E-state index in [1.54, 1.807) is 12.5 Å². The van der Waals surface area contributed by atoms with Crippen molar-refractivity contribution in [2.75, 3.05) is 31.1 Å². The smallest absolute Gasteiger partial charge is 0.227 e. The van der Waals surface area contributed by atoms with E-state index in [0.717, 1.165) is 35.4 Å². The average Bonchev–Trinajstić information content (AvgIpc) is 3.04. The van der Waals surface area contributed by atoms with E-state index in [9.17, 15) is 4.79 Å². The third-order valence-corrected chi connectivity index (χ3v) is 5.50. The number of nitrogens with zero attached hydrogens (tertiary/aromatic N) is 3. The van der Waals surface area contributed by atoms with Crippen molar-refractivity contribution in [1.29, 1.82) is 0 Å². The molecule has 0 unspecified atom stereocenters. The second-order valence-electron chi connectivity index (χ2n) is 7.07. The minimum Gasteiger partial charge on any atom is -0.464 e. The van der Waals surface area contributed by atoms with Crippen LogP contribution in [0.4, 0.5) is 5.82 Å². The van der Waals surface area contributed by atoms with Gasteiger partial charge in [-0.15, -0.1) is 0 Å². The molecule has 1 aliphatic heterocycles. The second kappa shape index (κ2) is 7.24. The van der Waals surface area contributed by atoms with Crippen LogP contribution in [-0.4, -0.2) is 42.0 Å². The van der Waals surface area contributed by atoms with Crippen LogP contribution < -0.4 is 4.90 Å². The van der Waals surface area contributed by atoms with Gasteiger partial charge in [-0.25, -0.2) is 4.98 Å². The number of anilines is 1. The predicted octanol–water partition coefficient (Wildman–Crippen LogP) is 3.99. The highest BCUT2D eigenvalue weighted by atomic mass is 35.5. The summed E-state index contributed by atoms with van der Waals surface area (Å²) in [6.07, 6.45) is 3.74. The average molecular weight is 384 g/mol. The van der Waals surface area contributed by atoms with Gasteiger partial charge in [0.1, 0.15) is 11.4 Å². The first-order valence-corrected chi connectivity index (χ1v) is 9.50. The summed E-state index contributed by atoms with van der Waals surface area (Å²) in [5.74, 6) is 1.04. The summed E-state index contributed by atoms with van der Waals surface area (Å²) in [6, 6.07) is 7.91. The molecule has 1 aliphatic rings. The van der Waals surface area contributed by atoms with Crippen LogP contribution in [-0.2, 0) is 11.2 Å². The molecule has 3 aromatic rings. The summed E-state index contributed by atoms with van der Waals surface area (Å²) in [4.78, 5) is 21.2. The Hall–Kier alpha value is -2.53. The minimum atomic E-state index is 0.139. The zero-order chi connectivity index (χ0) is 19.0. The van der Waals surface area contributed by atoms with Crippen LogP contribution in [0.5, 0.6) is 0 Å². The molecule has 0 bridgehead atoms. The summed E-state index contributed by atoms with van der Waals surface area (Å²) < 4.78 is 5.66. The Morgan fingerprint density at radius 1 is 1.15 bits per heavy atom. The molecule has 0 N–H and O–H groups in total. The molecule has 1 amide bonds. The fourth-order valence-corrected chi connectivity index (χ4v) is 3.60. The number of piperazine rings is 1. The molecule has 0 atom stereocenters. The van der Waals surface area contributed by atoms with Gasteiger partial charge in [-0.1, -0.05) is 11.6 Å². The van der Waals surface area contributed by atoms with Crippen LogP contribution in [0.3, 0.4) is 0 Å². The number of amides is 1. The van der Waals surface area contributed by atoms with Crippen molar-refractivity contribution in [3.63, 3.8) is 0 Å². The SMILES string of the molecule is Cc1cc2occ(CC(=O)N3CCN(c4ccc(Cl)cn4)CC3)c2cc1C. The normalized spacial score (nSPS) is 14.8. The first kappa shape index (κ1) is 17.9. The molecule has 0 saturated carbocycles. The molecule has 1 saturated heterocycles. The minimum absolute atomic E-state index is 0.139. The number of hydrogen-bond donors (Lipinski definition) is 0. The lowest BCUT2D eigenvalue weighted by molar-refractivity contribution is -0.130. The van der Waals surface area contributed by atoms with Gasteiger partial charge < -0.3 is 14.2 Å². The summed E-state index contributed by atoms with van der Waals surface area (Å²) in [5, 5.41) is 1.67. The Balaban J connectivity index is 1.41. The maximum Gasteiger partial charge on any atom is 0.227 e. The Morgan fingerprint density at radius 2 is 1.89 bits per heavy atom. The van der Waals surface area contributed by atoms with Gasteiger partial charge >= 0.3 is 0 Å². The molecular formula is C21H22ClN3O2. The lowest BCUT2D eigenvalue weighted by atomic mass is 10.0. The number of hydrogen-bond acceptors (Lipinski definition) is 4. The maximum atomic E-state index is 12.8. The lowest BCUT2D eigenvalue weighted by Gasteiger charge is -2.35. The molecule has 6 heteroatoms. The molecule has 5 nitrogen and oxygen atoms in total. The summed E-state index contributed by atoms with van der Waals surface area (Å²) in [5.41, 5.74) is 4.21. The largest absolute Gasteiger partial charge is 0.464 e. The first-order valence-electron chi connectivity index (χ1n) is 9.13. The van der Waals surface area contributed by atoms with E-state index in [2.05, 4.69) is 29.8 Å². The summed E-state index contributed by atoms with van der Waals surface area (Å²) in [7, 11) is 0. The molecular weight excluding hydrogens is 362 g/mol. The number of carbonyl (C=O) groups excluding carboxylic acids is 1. The van der Waals surface area contributed by atoms with Gasteiger partial charge in [0.05, 0.1) is 17.7 Å². The van der Waals surface area contributed by atoms with Crippen molar-refractivity contribution in [3.8, 4) is 0 Å². The van der Waals surface area contributed by atoms with Crippen LogP contribution in [0.25, 0.3) is 11.0 Å². The van der Waals surface area contributed by atoms with E-state index in [1.165, 1.54) is 11.1 Å². The van der Waals surface area contributed by atoms with Gasteiger partial charge in [0.25, 0.3) is 0 Å². The number of halogens is 1. The maximum absolute atomic E-state index is 12.8. The van der Waals surface area contributed by atoms with E-state index >= 15 is 0 Å². The van der Waals surface area contributed by atoms with Gasteiger partial charge in [0.2, 0.25) is 5.91 Å². The van der Waals surface area contributed by atoms with Gasteiger partial charge in [0.15, 0.2) is 0 Å². The fourth-order valence-electron chi connectivity index (χ4n) is 3.49. The van der Waals surface area contributed by atoms with Gasteiger partial charge in [0, 0.05) is 43.3 Å². The fraction of sp³-hybridized carbons (Fsp3) is 0.333. The van der Waals surface area contributed by atoms with Gasteiger partial charge in [-0.05, 0) is 49.2 Å². The number of fused-ring (bicyclic) bond motifs is 1. The molecule has 2 aromatic heterocycles. The van der Waals surface area contributed by atoms with Crippen LogP contribution in [0.2, 0.25) is 5.02 Å². The second-order valence-corrected chi connectivity index (χ2v) is 7.51. The number of carbonyl (C=O) groups is 1. The molecule has 0 radical (unpaired) electrons. The van der Waals surface area contributed by atoms with E-state index in [4.69, 9.17) is 16.0 Å². The van der Waals surface area contributed by atoms with Crippen molar-refractivity contribution in [2.24, 2.45) is 0 Å². The Bertz CT molecular complexity index is 973. The molecule has 0 aliphatic carbocycles. The number of furan rings is 1. The molecule has 140 valence electrons. The van der Waals surface area contributed by atoms with E-state index in [-0.39, 0.29) is 5.91 Å². The molecule has 3 heterocycles. The van der Waals surface area contributed by atoms with E-state index in [1.807, 2.05) is 23.1 Å². The molecule has 1 aromatic carbocycles. The Morgan fingerprint density at radius 3 is 2.59 bits per heavy atom. The molecule has 27 heavy (non-hydrogen) atoms. The van der Waals surface area contributed by atoms with Crippen molar-refractivity contribution in [3.05, 3.63) is 58.4 Å². The molecule has 4 rings (SSSR count). The topological polar surface area (TPSA) is 49.6 Å².